The minimum absolute atomic E-state index is 0.825. The van der Waals surface area contributed by atoms with Gasteiger partial charge in [0.2, 0.25) is 0 Å². The lowest BCUT2D eigenvalue weighted by molar-refractivity contribution is 1.04. The van der Waals surface area contributed by atoms with Crippen LogP contribution in [-0.2, 0) is 0 Å². The zero-order chi connectivity index (χ0) is 9.26. The van der Waals surface area contributed by atoms with Gasteiger partial charge in [0.15, 0.2) is 0 Å². The molecule has 2 heterocycles. The summed E-state index contributed by atoms with van der Waals surface area (Å²) in [6.45, 7) is 1.97. The van der Waals surface area contributed by atoms with E-state index in [0.717, 1.165) is 21.7 Å². The highest BCUT2D eigenvalue weighted by Gasteiger charge is 2.02. The maximum absolute atomic E-state index is 4.29. The third-order valence-electron chi connectivity index (χ3n) is 1.68. The van der Waals surface area contributed by atoms with Crippen LogP contribution < -0.4 is 0 Å². The molecule has 0 aliphatic heterocycles. The van der Waals surface area contributed by atoms with Crippen LogP contribution in [0.25, 0.3) is 11.4 Å². The van der Waals surface area contributed by atoms with Crippen LogP contribution in [0.4, 0.5) is 0 Å². The molecule has 3 nitrogen and oxygen atoms in total. The molecule has 0 aliphatic carbocycles. The number of aromatic nitrogens is 3. The number of hydrogen-bond acceptors (Lipinski definition) is 2. The molecular formula is C9H8BrN3. The fraction of sp³-hybridized carbons (Fsp3) is 0.111. The van der Waals surface area contributed by atoms with E-state index < -0.39 is 0 Å². The molecule has 66 valence electrons. The highest BCUT2D eigenvalue weighted by atomic mass is 79.9. The third kappa shape index (κ3) is 1.78. The number of aromatic amines is 1. The molecule has 0 unspecified atom stereocenters. The van der Waals surface area contributed by atoms with Gasteiger partial charge in [-0.25, -0.2) is 4.98 Å². The summed E-state index contributed by atoms with van der Waals surface area (Å²) in [5.41, 5.74) is 2.79. The Morgan fingerprint density at radius 1 is 1.31 bits per heavy atom. The molecule has 0 aliphatic rings. The fourth-order valence-electron chi connectivity index (χ4n) is 1.10. The summed E-state index contributed by atoms with van der Waals surface area (Å²) in [5.74, 6) is 0. The molecule has 0 aromatic carbocycles. The second kappa shape index (κ2) is 3.30. The summed E-state index contributed by atoms with van der Waals surface area (Å²) >= 11 is 3.32. The number of hydrogen-bond donors (Lipinski definition) is 1. The van der Waals surface area contributed by atoms with E-state index in [1.165, 1.54) is 0 Å². The first-order valence-electron chi connectivity index (χ1n) is 3.90. The van der Waals surface area contributed by atoms with Crippen LogP contribution in [-0.4, -0.2) is 15.2 Å². The van der Waals surface area contributed by atoms with Crippen molar-refractivity contribution in [3.63, 3.8) is 0 Å². The van der Waals surface area contributed by atoms with E-state index in [-0.39, 0.29) is 0 Å². The summed E-state index contributed by atoms with van der Waals surface area (Å²) in [6, 6.07) is 7.73. The molecule has 0 saturated carbocycles. The predicted octanol–water partition coefficient (Wildman–Crippen LogP) is 2.54. The van der Waals surface area contributed by atoms with Gasteiger partial charge in [0.05, 0.1) is 5.69 Å². The first kappa shape index (κ1) is 8.44. The molecule has 2 rings (SSSR count). The summed E-state index contributed by atoms with van der Waals surface area (Å²) < 4.78 is 0.825. The minimum atomic E-state index is 0.825. The maximum Gasteiger partial charge on any atom is 0.111 e. The topological polar surface area (TPSA) is 41.6 Å². The van der Waals surface area contributed by atoms with Crippen LogP contribution in [0.1, 0.15) is 5.69 Å². The van der Waals surface area contributed by atoms with E-state index in [1.807, 2.05) is 31.2 Å². The SMILES string of the molecule is Cc1cc(-c2cccc(Br)n2)n[nH]1. The van der Waals surface area contributed by atoms with Gasteiger partial charge in [-0.1, -0.05) is 6.07 Å². The quantitative estimate of drug-likeness (QED) is 0.775. The van der Waals surface area contributed by atoms with Crippen LogP contribution >= 0.6 is 15.9 Å². The first-order valence-corrected chi connectivity index (χ1v) is 4.70. The van der Waals surface area contributed by atoms with Gasteiger partial charge in [0.1, 0.15) is 10.3 Å². The van der Waals surface area contributed by atoms with E-state index in [2.05, 4.69) is 31.1 Å². The molecule has 0 fully saturated rings. The second-order valence-corrected chi connectivity index (χ2v) is 3.59. The largest absolute Gasteiger partial charge is 0.282 e. The summed E-state index contributed by atoms with van der Waals surface area (Å²) in [7, 11) is 0. The van der Waals surface area contributed by atoms with Gasteiger partial charge in [0, 0.05) is 5.69 Å². The van der Waals surface area contributed by atoms with Crippen molar-refractivity contribution in [2.75, 3.05) is 0 Å². The average molecular weight is 238 g/mol. The lowest BCUT2D eigenvalue weighted by Crippen LogP contribution is -1.83. The number of pyridine rings is 1. The molecular weight excluding hydrogens is 230 g/mol. The van der Waals surface area contributed by atoms with Gasteiger partial charge < -0.3 is 0 Å². The molecule has 0 amide bonds. The van der Waals surface area contributed by atoms with E-state index in [1.54, 1.807) is 0 Å². The minimum Gasteiger partial charge on any atom is -0.282 e. The number of H-pyrrole nitrogens is 1. The van der Waals surface area contributed by atoms with Crippen molar-refractivity contribution in [2.24, 2.45) is 0 Å². The summed E-state index contributed by atoms with van der Waals surface area (Å²) in [5, 5.41) is 7.00. The van der Waals surface area contributed by atoms with Gasteiger partial charge >= 0.3 is 0 Å². The molecule has 13 heavy (non-hydrogen) atoms. The van der Waals surface area contributed by atoms with Gasteiger partial charge in [-0.3, -0.25) is 5.10 Å². The van der Waals surface area contributed by atoms with E-state index in [0.29, 0.717) is 0 Å². The molecule has 1 N–H and O–H groups in total. The number of nitrogens with zero attached hydrogens (tertiary/aromatic N) is 2. The molecule has 0 saturated heterocycles. The predicted molar refractivity (Wildman–Crippen MR) is 54.3 cm³/mol. The third-order valence-corrected chi connectivity index (χ3v) is 2.13. The lowest BCUT2D eigenvalue weighted by Gasteiger charge is -1.94. The van der Waals surface area contributed by atoms with Crippen molar-refractivity contribution in [3.8, 4) is 11.4 Å². The van der Waals surface area contributed by atoms with Crippen molar-refractivity contribution in [2.45, 2.75) is 6.92 Å². The Morgan fingerprint density at radius 2 is 2.15 bits per heavy atom. The van der Waals surface area contributed by atoms with Crippen LogP contribution in [0.3, 0.4) is 0 Å². The van der Waals surface area contributed by atoms with Crippen molar-refractivity contribution in [3.05, 3.63) is 34.6 Å². The molecule has 2 aromatic heterocycles. The standard InChI is InChI=1S/C9H8BrN3/c1-6-5-8(13-12-6)7-3-2-4-9(10)11-7/h2-5H,1H3,(H,12,13). The van der Waals surface area contributed by atoms with Gasteiger partial charge in [-0.2, -0.15) is 5.10 Å². The van der Waals surface area contributed by atoms with Crippen LogP contribution in [0.15, 0.2) is 28.9 Å². The Kier molecular flexibility index (Phi) is 2.14. The molecule has 0 spiro atoms. The Labute approximate surface area is 84.3 Å². The first-order chi connectivity index (χ1) is 6.25. The Balaban J connectivity index is 2.46. The van der Waals surface area contributed by atoms with Gasteiger partial charge in [0.25, 0.3) is 0 Å². The van der Waals surface area contributed by atoms with Crippen LogP contribution in [0.2, 0.25) is 0 Å². The Morgan fingerprint density at radius 3 is 2.77 bits per heavy atom. The van der Waals surface area contributed by atoms with Crippen LogP contribution in [0, 0.1) is 6.92 Å². The van der Waals surface area contributed by atoms with Crippen LogP contribution in [0.5, 0.6) is 0 Å². The van der Waals surface area contributed by atoms with E-state index in [4.69, 9.17) is 0 Å². The lowest BCUT2D eigenvalue weighted by atomic mass is 10.2. The van der Waals surface area contributed by atoms with Crippen molar-refractivity contribution in [1.29, 1.82) is 0 Å². The monoisotopic (exact) mass is 237 g/mol. The molecule has 0 atom stereocenters. The van der Waals surface area contributed by atoms with Gasteiger partial charge in [-0.05, 0) is 41.1 Å². The van der Waals surface area contributed by atoms with Gasteiger partial charge in [-0.15, -0.1) is 0 Å². The number of rotatable bonds is 1. The Bertz CT molecular complexity index is 422. The highest BCUT2D eigenvalue weighted by molar-refractivity contribution is 9.10. The molecule has 2 aromatic rings. The van der Waals surface area contributed by atoms with E-state index in [9.17, 15) is 0 Å². The van der Waals surface area contributed by atoms with E-state index >= 15 is 0 Å². The normalized spacial score (nSPS) is 10.3. The summed E-state index contributed by atoms with van der Waals surface area (Å²) in [6.07, 6.45) is 0. The zero-order valence-electron chi connectivity index (χ0n) is 7.08. The second-order valence-electron chi connectivity index (χ2n) is 2.78. The maximum atomic E-state index is 4.29. The fourth-order valence-corrected chi connectivity index (χ4v) is 1.44. The number of nitrogens with one attached hydrogen (secondary N) is 1. The highest BCUT2D eigenvalue weighted by Crippen LogP contribution is 2.17. The average Bonchev–Trinajstić information content (AvgIpc) is 2.52. The van der Waals surface area contributed by atoms with Crippen molar-refractivity contribution < 1.29 is 0 Å². The smallest absolute Gasteiger partial charge is 0.111 e. The molecule has 4 heteroatoms. The van der Waals surface area contributed by atoms with Crippen molar-refractivity contribution >= 4 is 15.9 Å². The number of aryl methyl sites for hydroxylation is 1. The van der Waals surface area contributed by atoms with Crippen molar-refractivity contribution in [1.82, 2.24) is 15.2 Å². The molecule has 0 bridgehead atoms. The summed E-state index contributed by atoms with van der Waals surface area (Å²) in [4.78, 5) is 4.29. The Hall–Kier alpha value is -1.16. The molecule has 0 radical (unpaired) electrons. The zero-order valence-corrected chi connectivity index (χ0v) is 8.67. The number of halogens is 1.